The number of aryl methyl sites for hydroxylation is 1. The van der Waals surface area contributed by atoms with E-state index in [0.29, 0.717) is 42.3 Å². The number of anilines is 1. The van der Waals surface area contributed by atoms with Gasteiger partial charge in [-0.05, 0) is 67.2 Å². The van der Waals surface area contributed by atoms with Gasteiger partial charge in [0.05, 0.1) is 12.7 Å². The van der Waals surface area contributed by atoms with E-state index in [2.05, 4.69) is 24.5 Å². The molecule has 2 aromatic rings. The molecular weight excluding hydrogens is 448 g/mol. The first kappa shape index (κ1) is 24.5. The second kappa shape index (κ2) is 10.7. The summed E-state index contributed by atoms with van der Waals surface area (Å²) in [7, 11) is 1.63. The SMILES string of the molecule is COc1ccc(CC(=O)CC2CCc3sc(NC(=O)C4CC4)c(C(=O)NCC(C)C)c3C2)cc1. The number of hydrogen-bond acceptors (Lipinski definition) is 5. The molecule has 0 aliphatic heterocycles. The van der Waals surface area contributed by atoms with Crippen LogP contribution in [0, 0.1) is 17.8 Å². The normalized spacial score (nSPS) is 17.2. The van der Waals surface area contributed by atoms with Crippen LogP contribution in [0.15, 0.2) is 24.3 Å². The average Bonchev–Trinajstić information content (AvgIpc) is 3.60. The minimum atomic E-state index is -0.123. The Bertz CT molecular complexity index is 1050. The molecule has 2 amide bonds. The number of nitrogens with one attached hydrogen (secondary N) is 2. The third kappa shape index (κ3) is 6.06. The van der Waals surface area contributed by atoms with Crippen molar-refractivity contribution in [2.24, 2.45) is 17.8 Å². The Morgan fingerprint density at radius 1 is 1.12 bits per heavy atom. The zero-order valence-corrected chi connectivity index (χ0v) is 21.1. The summed E-state index contributed by atoms with van der Waals surface area (Å²) in [4.78, 5) is 39.6. The number of carbonyl (C=O) groups is 3. The molecule has 182 valence electrons. The highest BCUT2D eigenvalue weighted by Crippen LogP contribution is 2.41. The molecule has 0 bridgehead atoms. The van der Waals surface area contributed by atoms with Crippen LogP contribution in [0.1, 0.15) is 65.9 Å². The Kier molecular flexibility index (Phi) is 7.71. The van der Waals surface area contributed by atoms with Gasteiger partial charge in [0.2, 0.25) is 5.91 Å². The standard InChI is InChI=1S/C27H34N2O4S/c1-16(2)15-28-26(32)24-22-14-18(13-20(30)12-17-4-9-21(33-3)10-5-17)6-11-23(22)34-27(24)29-25(31)19-7-8-19/h4-5,9-10,16,18-19H,6-8,11-15H2,1-3H3,(H,28,32)(H,29,31). The fourth-order valence-corrected chi connectivity index (χ4v) is 5.71. The van der Waals surface area contributed by atoms with Gasteiger partial charge in [0.15, 0.2) is 0 Å². The van der Waals surface area contributed by atoms with Gasteiger partial charge in [0.25, 0.3) is 5.91 Å². The van der Waals surface area contributed by atoms with Crippen molar-refractivity contribution in [1.82, 2.24) is 5.32 Å². The fraction of sp³-hybridized carbons (Fsp3) is 0.519. The highest BCUT2D eigenvalue weighted by molar-refractivity contribution is 7.17. The van der Waals surface area contributed by atoms with Gasteiger partial charge in [-0.2, -0.15) is 0 Å². The first-order valence-corrected chi connectivity index (χ1v) is 13.0. The third-order valence-corrected chi connectivity index (χ3v) is 7.73. The Labute approximate surface area is 205 Å². The van der Waals surface area contributed by atoms with Gasteiger partial charge in [0.1, 0.15) is 16.5 Å². The van der Waals surface area contributed by atoms with E-state index in [9.17, 15) is 14.4 Å². The van der Waals surface area contributed by atoms with Gasteiger partial charge < -0.3 is 15.4 Å². The molecule has 1 heterocycles. The van der Waals surface area contributed by atoms with Crippen molar-refractivity contribution in [2.45, 2.75) is 58.8 Å². The summed E-state index contributed by atoms with van der Waals surface area (Å²) in [6.45, 7) is 4.70. The van der Waals surface area contributed by atoms with Gasteiger partial charge in [-0.3, -0.25) is 14.4 Å². The third-order valence-electron chi connectivity index (χ3n) is 6.52. The predicted molar refractivity (Wildman–Crippen MR) is 135 cm³/mol. The maximum atomic E-state index is 13.2. The van der Waals surface area contributed by atoms with Crippen LogP contribution in [-0.2, 0) is 28.9 Å². The Balaban J connectivity index is 1.47. The van der Waals surface area contributed by atoms with Crippen molar-refractivity contribution in [3.8, 4) is 5.75 Å². The lowest BCUT2D eigenvalue weighted by Gasteiger charge is -2.22. The lowest BCUT2D eigenvalue weighted by molar-refractivity contribution is -0.119. The number of fused-ring (bicyclic) bond motifs is 1. The first-order chi connectivity index (χ1) is 16.3. The molecule has 1 atom stereocenters. The van der Waals surface area contributed by atoms with E-state index in [-0.39, 0.29) is 29.4 Å². The fourth-order valence-electron chi connectivity index (χ4n) is 4.47. The predicted octanol–water partition coefficient (Wildman–Crippen LogP) is 4.80. The number of methoxy groups -OCH3 is 1. The molecule has 1 fully saturated rings. The van der Waals surface area contributed by atoms with Gasteiger partial charge in [-0.15, -0.1) is 11.3 Å². The molecule has 2 aliphatic carbocycles. The van der Waals surface area contributed by atoms with Crippen molar-refractivity contribution < 1.29 is 19.1 Å². The summed E-state index contributed by atoms with van der Waals surface area (Å²) in [5, 5.41) is 6.74. The second-order valence-corrected chi connectivity index (χ2v) is 11.1. The lowest BCUT2D eigenvalue weighted by atomic mass is 9.82. The quantitative estimate of drug-likeness (QED) is 0.510. The van der Waals surface area contributed by atoms with E-state index in [1.807, 2.05) is 24.3 Å². The minimum absolute atomic E-state index is 0.0164. The van der Waals surface area contributed by atoms with Crippen LogP contribution < -0.4 is 15.4 Å². The molecule has 7 heteroatoms. The second-order valence-electron chi connectivity index (χ2n) is 9.95. The molecule has 1 aromatic heterocycles. The molecule has 4 rings (SSSR count). The molecule has 2 N–H and O–H groups in total. The number of carbonyl (C=O) groups excluding carboxylic acids is 3. The Morgan fingerprint density at radius 3 is 2.50 bits per heavy atom. The van der Waals surface area contributed by atoms with Crippen LogP contribution in [0.25, 0.3) is 0 Å². The van der Waals surface area contributed by atoms with Crippen LogP contribution in [-0.4, -0.2) is 31.3 Å². The van der Waals surface area contributed by atoms with Crippen LogP contribution in [0.4, 0.5) is 5.00 Å². The summed E-state index contributed by atoms with van der Waals surface area (Å²) in [5.74, 6) is 1.50. The Hall–Kier alpha value is -2.67. The summed E-state index contributed by atoms with van der Waals surface area (Å²) in [6.07, 6.45) is 5.20. The summed E-state index contributed by atoms with van der Waals surface area (Å²) in [5.41, 5.74) is 2.62. The van der Waals surface area contributed by atoms with Crippen molar-refractivity contribution in [1.29, 1.82) is 0 Å². The van der Waals surface area contributed by atoms with Crippen molar-refractivity contribution in [3.63, 3.8) is 0 Å². The van der Waals surface area contributed by atoms with E-state index in [4.69, 9.17) is 4.74 Å². The van der Waals surface area contributed by atoms with Gasteiger partial charge in [-0.25, -0.2) is 0 Å². The largest absolute Gasteiger partial charge is 0.497 e. The number of benzene rings is 1. The molecule has 6 nitrogen and oxygen atoms in total. The van der Waals surface area contributed by atoms with E-state index < -0.39 is 0 Å². The van der Waals surface area contributed by atoms with Crippen LogP contribution >= 0.6 is 11.3 Å². The Morgan fingerprint density at radius 2 is 1.85 bits per heavy atom. The monoisotopic (exact) mass is 482 g/mol. The van der Waals surface area contributed by atoms with E-state index in [1.165, 1.54) is 16.2 Å². The van der Waals surface area contributed by atoms with Crippen molar-refractivity contribution in [3.05, 3.63) is 45.8 Å². The molecule has 0 spiro atoms. The van der Waals surface area contributed by atoms with Crippen molar-refractivity contribution >= 4 is 33.9 Å². The molecule has 1 aromatic carbocycles. The highest BCUT2D eigenvalue weighted by Gasteiger charge is 2.34. The zero-order valence-electron chi connectivity index (χ0n) is 20.2. The molecule has 0 saturated heterocycles. The van der Waals surface area contributed by atoms with Crippen LogP contribution in [0.5, 0.6) is 5.75 Å². The van der Waals surface area contributed by atoms with E-state index in [0.717, 1.165) is 42.6 Å². The number of Topliss-reactive ketones (excluding diaryl/α,β-unsaturated/α-hetero) is 1. The zero-order chi connectivity index (χ0) is 24.2. The number of rotatable bonds is 10. The highest BCUT2D eigenvalue weighted by atomic mass is 32.1. The van der Waals surface area contributed by atoms with Gasteiger partial charge in [-0.1, -0.05) is 26.0 Å². The van der Waals surface area contributed by atoms with Gasteiger partial charge in [0, 0.05) is 30.2 Å². The first-order valence-electron chi connectivity index (χ1n) is 12.2. The van der Waals surface area contributed by atoms with E-state index in [1.54, 1.807) is 7.11 Å². The number of amides is 2. The van der Waals surface area contributed by atoms with E-state index >= 15 is 0 Å². The number of ether oxygens (including phenoxy) is 1. The van der Waals surface area contributed by atoms with Gasteiger partial charge >= 0.3 is 0 Å². The number of thiophene rings is 1. The summed E-state index contributed by atoms with van der Waals surface area (Å²) < 4.78 is 5.19. The maximum absolute atomic E-state index is 13.2. The topological polar surface area (TPSA) is 84.5 Å². The molecule has 0 radical (unpaired) electrons. The lowest BCUT2D eigenvalue weighted by Crippen LogP contribution is -2.29. The molecule has 2 aliphatic rings. The average molecular weight is 483 g/mol. The molecular formula is C27H34N2O4S. The van der Waals surface area contributed by atoms with Crippen LogP contribution in [0.2, 0.25) is 0 Å². The molecule has 1 saturated carbocycles. The smallest absolute Gasteiger partial charge is 0.254 e. The molecule has 1 unspecified atom stereocenters. The molecule has 34 heavy (non-hydrogen) atoms. The minimum Gasteiger partial charge on any atom is -0.497 e. The summed E-state index contributed by atoms with van der Waals surface area (Å²) >= 11 is 1.54. The summed E-state index contributed by atoms with van der Waals surface area (Å²) in [6, 6.07) is 7.61. The number of ketones is 1. The number of hydrogen-bond donors (Lipinski definition) is 2. The van der Waals surface area contributed by atoms with Crippen LogP contribution in [0.3, 0.4) is 0 Å². The van der Waals surface area contributed by atoms with Crippen molar-refractivity contribution in [2.75, 3.05) is 19.0 Å². The maximum Gasteiger partial charge on any atom is 0.254 e.